The van der Waals surface area contributed by atoms with Crippen LogP contribution in [0.1, 0.15) is 29.8 Å². The van der Waals surface area contributed by atoms with Gasteiger partial charge in [-0.3, -0.25) is 9.69 Å². The molecule has 1 amide bonds. The van der Waals surface area contributed by atoms with E-state index in [9.17, 15) is 4.79 Å². The van der Waals surface area contributed by atoms with E-state index in [1.165, 1.54) is 5.56 Å². The van der Waals surface area contributed by atoms with E-state index in [4.69, 9.17) is 4.74 Å². The highest BCUT2D eigenvalue weighted by Gasteiger charge is 2.12. The summed E-state index contributed by atoms with van der Waals surface area (Å²) in [4.78, 5) is 14.3. The Labute approximate surface area is 114 Å². The van der Waals surface area contributed by atoms with Crippen molar-refractivity contribution < 1.29 is 9.53 Å². The molecule has 2 rings (SSSR count). The van der Waals surface area contributed by atoms with E-state index in [1.54, 1.807) is 0 Å². The molecule has 1 N–H and O–H groups in total. The van der Waals surface area contributed by atoms with Crippen LogP contribution in [0.15, 0.2) is 24.3 Å². The van der Waals surface area contributed by atoms with Crippen LogP contribution in [-0.2, 0) is 11.3 Å². The van der Waals surface area contributed by atoms with Crippen molar-refractivity contribution in [1.82, 2.24) is 10.2 Å². The lowest BCUT2D eigenvalue weighted by molar-refractivity contribution is 0.0342. The second kappa shape index (κ2) is 6.68. The van der Waals surface area contributed by atoms with Crippen LogP contribution in [0.5, 0.6) is 0 Å². The summed E-state index contributed by atoms with van der Waals surface area (Å²) >= 11 is 0. The van der Waals surface area contributed by atoms with Gasteiger partial charge in [0.25, 0.3) is 5.91 Å². The number of nitrogens with one attached hydrogen (secondary N) is 1. The third kappa shape index (κ3) is 4.33. The molecule has 0 atom stereocenters. The summed E-state index contributed by atoms with van der Waals surface area (Å²) in [5.41, 5.74) is 1.91. The van der Waals surface area contributed by atoms with Crippen molar-refractivity contribution in [2.45, 2.75) is 26.4 Å². The first-order valence-corrected chi connectivity index (χ1v) is 6.85. The molecule has 0 radical (unpaired) electrons. The zero-order chi connectivity index (χ0) is 13.7. The third-order valence-corrected chi connectivity index (χ3v) is 3.12. The van der Waals surface area contributed by atoms with Crippen molar-refractivity contribution in [3.63, 3.8) is 0 Å². The number of hydrogen-bond donors (Lipinski definition) is 1. The Morgan fingerprint density at radius 3 is 2.79 bits per heavy atom. The number of amides is 1. The summed E-state index contributed by atoms with van der Waals surface area (Å²) in [7, 11) is 0. The van der Waals surface area contributed by atoms with E-state index in [-0.39, 0.29) is 11.9 Å². The molecule has 0 saturated carbocycles. The Kier molecular flexibility index (Phi) is 4.93. The molecule has 1 aliphatic rings. The molecule has 4 nitrogen and oxygen atoms in total. The number of morpholine rings is 1. The van der Waals surface area contributed by atoms with Crippen LogP contribution in [0.2, 0.25) is 0 Å². The standard InChI is InChI=1S/C15H22N2O2/c1-12(2)16-15(18)14-5-3-4-13(10-14)11-17-6-8-19-9-7-17/h3-5,10,12H,6-9,11H2,1-2H3,(H,16,18). The first-order chi connectivity index (χ1) is 9.15. The van der Waals surface area contributed by atoms with Crippen molar-refractivity contribution in [3.8, 4) is 0 Å². The second-order valence-corrected chi connectivity index (χ2v) is 5.22. The normalized spacial score (nSPS) is 16.6. The van der Waals surface area contributed by atoms with Gasteiger partial charge >= 0.3 is 0 Å². The number of benzene rings is 1. The Bertz CT molecular complexity index is 426. The Morgan fingerprint density at radius 1 is 1.37 bits per heavy atom. The highest BCUT2D eigenvalue weighted by atomic mass is 16.5. The molecule has 1 aromatic carbocycles. The fraction of sp³-hybridized carbons (Fsp3) is 0.533. The van der Waals surface area contributed by atoms with E-state index in [1.807, 2.05) is 32.0 Å². The minimum absolute atomic E-state index is 0.00109. The van der Waals surface area contributed by atoms with Gasteiger partial charge in [0.1, 0.15) is 0 Å². The Balaban J connectivity index is 1.99. The Morgan fingerprint density at radius 2 is 2.11 bits per heavy atom. The zero-order valence-electron chi connectivity index (χ0n) is 11.7. The van der Waals surface area contributed by atoms with Gasteiger partial charge in [0, 0.05) is 31.2 Å². The van der Waals surface area contributed by atoms with E-state index in [0.29, 0.717) is 0 Å². The van der Waals surface area contributed by atoms with E-state index >= 15 is 0 Å². The van der Waals surface area contributed by atoms with Gasteiger partial charge in [-0.2, -0.15) is 0 Å². The number of hydrogen-bond acceptors (Lipinski definition) is 3. The lowest BCUT2D eigenvalue weighted by atomic mass is 10.1. The SMILES string of the molecule is CC(C)NC(=O)c1cccc(CN2CCOCC2)c1. The maximum absolute atomic E-state index is 12.0. The summed E-state index contributed by atoms with van der Waals surface area (Å²) in [6, 6.07) is 8.02. The molecule has 1 aromatic rings. The fourth-order valence-corrected chi connectivity index (χ4v) is 2.17. The minimum atomic E-state index is -0.00109. The summed E-state index contributed by atoms with van der Waals surface area (Å²) in [6.45, 7) is 8.34. The van der Waals surface area contributed by atoms with Crippen LogP contribution >= 0.6 is 0 Å². The molecule has 1 saturated heterocycles. The predicted molar refractivity (Wildman–Crippen MR) is 75.1 cm³/mol. The second-order valence-electron chi connectivity index (χ2n) is 5.22. The molecule has 0 spiro atoms. The van der Waals surface area contributed by atoms with Crippen LogP contribution in [0.25, 0.3) is 0 Å². The molecule has 4 heteroatoms. The van der Waals surface area contributed by atoms with Crippen LogP contribution in [0, 0.1) is 0 Å². The number of ether oxygens (including phenoxy) is 1. The number of carbonyl (C=O) groups excluding carboxylic acids is 1. The van der Waals surface area contributed by atoms with Crippen molar-refractivity contribution >= 4 is 5.91 Å². The molecule has 1 aliphatic heterocycles. The maximum atomic E-state index is 12.0. The Hall–Kier alpha value is -1.39. The highest BCUT2D eigenvalue weighted by molar-refractivity contribution is 5.94. The van der Waals surface area contributed by atoms with Gasteiger partial charge in [0.15, 0.2) is 0 Å². The maximum Gasteiger partial charge on any atom is 0.251 e. The van der Waals surface area contributed by atoms with E-state index in [0.717, 1.165) is 38.4 Å². The highest BCUT2D eigenvalue weighted by Crippen LogP contribution is 2.10. The molecular weight excluding hydrogens is 240 g/mol. The van der Waals surface area contributed by atoms with Crippen LogP contribution < -0.4 is 5.32 Å². The van der Waals surface area contributed by atoms with Gasteiger partial charge in [-0.1, -0.05) is 12.1 Å². The summed E-state index contributed by atoms with van der Waals surface area (Å²) in [5, 5.41) is 2.92. The molecule has 104 valence electrons. The first kappa shape index (κ1) is 14.0. The molecule has 0 aliphatic carbocycles. The van der Waals surface area contributed by atoms with Crippen LogP contribution in [-0.4, -0.2) is 43.2 Å². The first-order valence-electron chi connectivity index (χ1n) is 6.85. The molecule has 19 heavy (non-hydrogen) atoms. The monoisotopic (exact) mass is 262 g/mol. The van der Waals surface area contributed by atoms with Crippen molar-refractivity contribution in [1.29, 1.82) is 0 Å². The smallest absolute Gasteiger partial charge is 0.251 e. The van der Waals surface area contributed by atoms with E-state index < -0.39 is 0 Å². The number of nitrogens with zero attached hydrogens (tertiary/aromatic N) is 1. The van der Waals surface area contributed by atoms with Gasteiger partial charge in [-0.05, 0) is 31.5 Å². The molecule has 0 bridgehead atoms. The fourth-order valence-electron chi connectivity index (χ4n) is 2.17. The average molecular weight is 262 g/mol. The number of rotatable bonds is 4. The van der Waals surface area contributed by atoms with Crippen LogP contribution in [0.4, 0.5) is 0 Å². The average Bonchev–Trinajstić information content (AvgIpc) is 2.39. The largest absolute Gasteiger partial charge is 0.379 e. The molecular formula is C15H22N2O2. The van der Waals surface area contributed by atoms with Crippen molar-refractivity contribution in [3.05, 3.63) is 35.4 Å². The quantitative estimate of drug-likeness (QED) is 0.897. The molecule has 1 heterocycles. The number of carbonyl (C=O) groups is 1. The summed E-state index contributed by atoms with van der Waals surface area (Å²) in [5.74, 6) is -0.00109. The van der Waals surface area contributed by atoms with Gasteiger partial charge in [-0.15, -0.1) is 0 Å². The van der Waals surface area contributed by atoms with Gasteiger partial charge in [-0.25, -0.2) is 0 Å². The topological polar surface area (TPSA) is 41.6 Å². The van der Waals surface area contributed by atoms with Gasteiger partial charge in [0.2, 0.25) is 0 Å². The lowest BCUT2D eigenvalue weighted by Crippen LogP contribution is -2.35. The lowest BCUT2D eigenvalue weighted by Gasteiger charge is -2.26. The summed E-state index contributed by atoms with van der Waals surface area (Å²) < 4.78 is 5.34. The van der Waals surface area contributed by atoms with Gasteiger partial charge < -0.3 is 10.1 Å². The van der Waals surface area contributed by atoms with Crippen molar-refractivity contribution in [2.24, 2.45) is 0 Å². The van der Waals surface area contributed by atoms with Crippen LogP contribution in [0.3, 0.4) is 0 Å². The third-order valence-electron chi connectivity index (χ3n) is 3.12. The molecule has 1 fully saturated rings. The summed E-state index contributed by atoms with van der Waals surface area (Å²) in [6.07, 6.45) is 0. The zero-order valence-corrected chi connectivity index (χ0v) is 11.7. The predicted octanol–water partition coefficient (Wildman–Crippen LogP) is 1.66. The van der Waals surface area contributed by atoms with Gasteiger partial charge in [0.05, 0.1) is 13.2 Å². The van der Waals surface area contributed by atoms with E-state index in [2.05, 4.69) is 16.3 Å². The minimum Gasteiger partial charge on any atom is -0.379 e. The molecule has 0 aromatic heterocycles. The van der Waals surface area contributed by atoms with Crippen molar-refractivity contribution in [2.75, 3.05) is 26.3 Å². The molecule has 0 unspecified atom stereocenters.